The summed E-state index contributed by atoms with van der Waals surface area (Å²) in [5.41, 5.74) is 17.6. The molecule has 2 fully saturated rings. The van der Waals surface area contributed by atoms with E-state index in [0.29, 0.717) is 0 Å². The maximum Gasteiger partial charge on any atom is 0.123 e. The molecule has 0 radical (unpaired) electrons. The Morgan fingerprint density at radius 3 is 1.10 bits per heavy atom. The highest BCUT2D eigenvalue weighted by molar-refractivity contribution is 7.05. The van der Waals surface area contributed by atoms with Crippen LogP contribution in [0.15, 0.2) is 140 Å². The van der Waals surface area contributed by atoms with E-state index in [0.717, 1.165) is 0 Å². The first-order valence-corrected chi connectivity index (χ1v) is 27.9. The molecule has 61 heavy (non-hydrogen) atoms. The summed E-state index contributed by atoms with van der Waals surface area (Å²) in [5, 5.41) is 9.26. The van der Waals surface area contributed by atoms with Gasteiger partial charge in [-0.3, -0.25) is 0 Å². The summed E-state index contributed by atoms with van der Waals surface area (Å²) in [7, 11) is -3.75. The van der Waals surface area contributed by atoms with Crippen molar-refractivity contribution in [3.05, 3.63) is 162 Å². The summed E-state index contributed by atoms with van der Waals surface area (Å²) in [6, 6.07) is 61.1. The van der Waals surface area contributed by atoms with Gasteiger partial charge in [-0.05, 0) is 116 Å². The molecule has 0 N–H and O–H groups in total. The summed E-state index contributed by atoms with van der Waals surface area (Å²) in [6.07, 6.45) is 5.37. The first-order valence-electron chi connectivity index (χ1n) is 23.0. The highest BCUT2D eigenvalue weighted by Crippen LogP contribution is 2.58. The van der Waals surface area contributed by atoms with E-state index < -0.39 is 16.1 Å². The van der Waals surface area contributed by atoms with Gasteiger partial charge in [-0.2, -0.15) is 0 Å². The molecule has 6 aliphatic heterocycles. The molecule has 0 aliphatic carbocycles. The zero-order valence-electron chi connectivity index (χ0n) is 35.8. The number of rotatable bonds is 2. The summed E-state index contributed by atoms with van der Waals surface area (Å²) >= 11 is 0. The molecule has 3 nitrogen and oxygen atoms in total. The quantitative estimate of drug-likeness (QED) is 0.161. The van der Waals surface area contributed by atoms with Crippen LogP contribution in [0.4, 0.5) is 34.1 Å². The molecule has 14 rings (SSSR count). The van der Waals surface area contributed by atoms with Gasteiger partial charge in [-0.15, -0.1) is 0 Å². The molecule has 298 valence electrons. The van der Waals surface area contributed by atoms with Gasteiger partial charge in [0, 0.05) is 55.7 Å². The normalized spacial score (nSPS) is 19.7. The third kappa shape index (κ3) is 4.12. The summed E-state index contributed by atoms with van der Waals surface area (Å²) in [4.78, 5) is 5.33. The van der Waals surface area contributed by atoms with Gasteiger partial charge in [0.15, 0.2) is 0 Å². The zero-order valence-corrected chi connectivity index (χ0v) is 37.8. The van der Waals surface area contributed by atoms with Crippen molar-refractivity contribution in [3.8, 4) is 5.69 Å². The lowest BCUT2D eigenvalue weighted by Gasteiger charge is -2.44. The number of aromatic nitrogens is 1. The molecule has 8 aromatic rings. The Labute approximate surface area is 361 Å². The average molecular weight is 822 g/mol. The molecule has 0 atom stereocenters. The van der Waals surface area contributed by atoms with Crippen molar-refractivity contribution in [1.29, 1.82) is 0 Å². The Morgan fingerprint density at radius 2 is 0.738 bits per heavy atom. The summed E-state index contributed by atoms with van der Waals surface area (Å²) in [6.45, 7) is 9.94. The minimum absolute atomic E-state index is 0.207. The van der Waals surface area contributed by atoms with Crippen LogP contribution in [0.2, 0.25) is 24.2 Å². The van der Waals surface area contributed by atoms with Gasteiger partial charge >= 0.3 is 0 Å². The number of benzene rings is 7. The minimum Gasteiger partial charge on any atom is -0.311 e. The third-order valence-corrected chi connectivity index (χ3v) is 27.6. The Balaban J connectivity index is 1.10. The Hall–Kier alpha value is -5.63. The molecule has 7 heterocycles. The van der Waals surface area contributed by atoms with Crippen molar-refractivity contribution >= 4 is 92.8 Å². The van der Waals surface area contributed by atoms with Crippen molar-refractivity contribution in [2.24, 2.45) is 0 Å². The first kappa shape index (κ1) is 35.0. The monoisotopic (exact) mass is 821 g/mol. The van der Waals surface area contributed by atoms with Crippen LogP contribution >= 0.6 is 0 Å². The largest absolute Gasteiger partial charge is 0.311 e. The van der Waals surface area contributed by atoms with Gasteiger partial charge in [0.05, 0.1) is 16.7 Å². The molecule has 2 spiro atoms. The standard InChI is InChI=1S/C56H51N3Si2/c1-55(2)40-18-17-19-41-54(40)59-52-38(32-36(34-42(52)55)57-44-20-5-9-24-48(44)60(28-13-14-29-60)49-25-10-6-21-45(49)57)39-33-37(35-43(53(39)59)56(41,3)4)58-46-22-7-11-26-50(46)61(30-15-16-31-61)51-27-12-8-23-47(51)58/h5-12,17-27,32-35H,13-16,28-31H2,1-4H3. The highest BCUT2D eigenvalue weighted by Gasteiger charge is 2.50. The average Bonchev–Trinajstić information content (AvgIpc) is 4.05. The van der Waals surface area contributed by atoms with Crippen LogP contribution in [0.3, 0.4) is 0 Å². The second-order valence-electron chi connectivity index (χ2n) is 20.4. The van der Waals surface area contributed by atoms with Crippen molar-refractivity contribution in [2.75, 3.05) is 9.80 Å². The van der Waals surface area contributed by atoms with Crippen molar-refractivity contribution in [1.82, 2.24) is 4.57 Å². The second-order valence-corrected chi connectivity index (χ2v) is 28.9. The van der Waals surface area contributed by atoms with Crippen LogP contribution in [0.5, 0.6) is 0 Å². The zero-order chi connectivity index (χ0) is 40.6. The molecule has 2 saturated heterocycles. The summed E-state index contributed by atoms with van der Waals surface area (Å²) < 4.78 is 2.71. The van der Waals surface area contributed by atoms with Crippen LogP contribution in [-0.2, 0) is 10.8 Å². The predicted molar refractivity (Wildman–Crippen MR) is 262 cm³/mol. The van der Waals surface area contributed by atoms with Gasteiger partial charge in [0.1, 0.15) is 16.1 Å². The lowest BCUT2D eigenvalue weighted by Crippen LogP contribution is -2.60. The Kier molecular flexibility index (Phi) is 6.68. The van der Waals surface area contributed by atoms with Crippen molar-refractivity contribution < 1.29 is 0 Å². The fraction of sp³-hybridized carbons (Fsp3) is 0.250. The maximum absolute atomic E-state index is 2.71. The molecule has 0 amide bonds. The molecular weight excluding hydrogens is 771 g/mol. The lowest BCUT2D eigenvalue weighted by molar-refractivity contribution is 0.593. The van der Waals surface area contributed by atoms with E-state index in [-0.39, 0.29) is 10.8 Å². The van der Waals surface area contributed by atoms with E-state index in [1.807, 2.05) is 0 Å². The van der Waals surface area contributed by atoms with Gasteiger partial charge in [0.2, 0.25) is 0 Å². The van der Waals surface area contributed by atoms with Crippen molar-refractivity contribution in [3.63, 3.8) is 0 Å². The number of anilines is 6. The second kappa shape index (κ2) is 11.6. The SMILES string of the molecule is CC1(C)c2cccc3c2-n2c4c1cc(N1c5ccccc5[Si]5(CCCC5)c5ccccc51)cc4c1cc(N4c5ccccc5[Si]5(CCCC5)c5ccccc54)cc(c12)C3(C)C. The molecule has 0 bridgehead atoms. The molecule has 6 aliphatic rings. The van der Waals surface area contributed by atoms with Gasteiger partial charge in [-0.25, -0.2) is 0 Å². The van der Waals surface area contributed by atoms with E-state index in [4.69, 9.17) is 0 Å². The fourth-order valence-electron chi connectivity index (χ4n) is 14.2. The highest BCUT2D eigenvalue weighted by atomic mass is 28.3. The fourth-order valence-corrected chi connectivity index (χ4v) is 25.2. The smallest absolute Gasteiger partial charge is 0.123 e. The first-order chi connectivity index (χ1) is 29.7. The molecular formula is C56H51N3Si2. The van der Waals surface area contributed by atoms with Crippen molar-refractivity contribution in [2.45, 2.75) is 88.4 Å². The number of nitrogens with zero attached hydrogens (tertiary/aromatic N) is 3. The molecule has 5 heteroatoms. The van der Waals surface area contributed by atoms with Crippen LogP contribution in [0, 0.1) is 0 Å². The van der Waals surface area contributed by atoms with Crippen LogP contribution in [-0.4, -0.2) is 20.7 Å². The molecule has 0 unspecified atom stereocenters. The van der Waals surface area contributed by atoms with Crippen LogP contribution < -0.4 is 30.5 Å². The number of hydrogen-bond acceptors (Lipinski definition) is 2. The van der Waals surface area contributed by atoms with E-state index >= 15 is 0 Å². The van der Waals surface area contributed by atoms with E-state index in [1.54, 1.807) is 20.7 Å². The molecule has 0 saturated carbocycles. The number of para-hydroxylation sites is 5. The topological polar surface area (TPSA) is 11.4 Å². The van der Waals surface area contributed by atoms with Gasteiger partial charge < -0.3 is 14.4 Å². The van der Waals surface area contributed by atoms with E-state index in [9.17, 15) is 0 Å². The Morgan fingerprint density at radius 1 is 0.393 bits per heavy atom. The summed E-state index contributed by atoms with van der Waals surface area (Å²) in [5.74, 6) is 0. The molecule has 7 aromatic carbocycles. The predicted octanol–water partition coefficient (Wildman–Crippen LogP) is 12.3. The lowest BCUT2D eigenvalue weighted by atomic mass is 9.68. The Bertz CT molecular complexity index is 2940. The van der Waals surface area contributed by atoms with E-state index in [2.05, 4.69) is 182 Å². The van der Waals surface area contributed by atoms with E-state index in [1.165, 1.54) is 134 Å². The minimum atomic E-state index is -1.88. The third-order valence-electron chi connectivity index (χ3n) is 17.0. The maximum atomic E-state index is 2.71. The number of fused-ring (bicyclic) bond motifs is 9. The molecule has 1 aromatic heterocycles. The number of hydrogen-bond donors (Lipinski definition) is 0. The van der Waals surface area contributed by atoms with Gasteiger partial charge in [0.25, 0.3) is 0 Å². The van der Waals surface area contributed by atoms with Gasteiger partial charge in [-0.1, -0.05) is 144 Å². The van der Waals surface area contributed by atoms with Crippen LogP contribution in [0.25, 0.3) is 27.5 Å². The van der Waals surface area contributed by atoms with Crippen LogP contribution in [0.1, 0.15) is 75.6 Å².